The summed E-state index contributed by atoms with van der Waals surface area (Å²) in [6, 6.07) is 16.9. The third-order valence-corrected chi connectivity index (χ3v) is 8.78. The number of nitrogens with zero attached hydrogens (tertiary/aromatic N) is 4. The molecule has 1 aliphatic heterocycles. The first-order valence-corrected chi connectivity index (χ1v) is 15.5. The molecule has 0 saturated carbocycles. The highest BCUT2D eigenvalue weighted by Crippen LogP contribution is 2.43. The van der Waals surface area contributed by atoms with E-state index in [1.807, 2.05) is 6.07 Å². The van der Waals surface area contributed by atoms with Gasteiger partial charge in [0.1, 0.15) is 45.7 Å². The predicted octanol–water partition coefficient (Wildman–Crippen LogP) is 6.21. The highest BCUT2D eigenvalue weighted by molar-refractivity contribution is 7.91. The molecule has 240 valence electrons. The van der Waals surface area contributed by atoms with Gasteiger partial charge in [-0.05, 0) is 75.7 Å². The standard InChI is InChI=1S/C33H31F4N5O3S/c1-5-41-30-27(25(19-38-46(45)32(2,3)4)40-42(30)24-12-7-6-8-13-24)26(20-14-16-23(34)17-15-20)28(31(41)44)39-29(43)21-10-9-11-22(18-21)33(35,36)37/h6-19,26,28H,5H2,1-4H3,(H,39,43)/t26-,28-,46?/m1/s1. The number of anilines is 1. The van der Waals surface area contributed by atoms with Crippen LogP contribution in [-0.4, -0.2) is 49.7 Å². The van der Waals surface area contributed by atoms with E-state index in [-0.39, 0.29) is 17.8 Å². The Labute approximate surface area is 266 Å². The molecule has 0 spiro atoms. The minimum Gasteiger partial charge on any atom is -0.591 e. The van der Waals surface area contributed by atoms with Crippen molar-refractivity contribution in [3.63, 3.8) is 0 Å². The molecule has 13 heteroatoms. The number of carbonyl (C=O) groups excluding carboxylic acids is 2. The molecule has 46 heavy (non-hydrogen) atoms. The molecule has 0 aliphatic carbocycles. The largest absolute Gasteiger partial charge is 0.591 e. The normalized spacial score (nSPS) is 17.7. The van der Waals surface area contributed by atoms with E-state index in [0.29, 0.717) is 28.7 Å². The van der Waals surface area contributed by atoms with Gasteiger partial charge in [0, 0.05) is 23.6 Å². The molecule has 5 rings (SSSR count). The van der Waals surface area contributed by atoms with Gasteiger partial charge < -0.3 is 9.87 Å². The van der Waals surface area contributed by atoms with Crippen molar-refractivity contribution in [3.05, 3.63) is 113 Å². The highest BCUT2D eigenvalue weighted by Gasteiger charge is 2.46. The number of alkyl halides is 3. The molecule has 0 saturated heterocycles. The number of aromatic nitrogens is 2. The van der Waals surface area contributed by atoms with Crippen molar-refractivity contribution in [2.45, 2.75) is 50.6 Å². The van der Waals surface area contributed by atoms with Crippen molar-refractivity contribution < 1.29 is 31.7 Å². The van der Waals surface area contributed by atoms with E-state index in [2.05, 4.69) is 9.71 Å². The van der Waals surface area contributed by atoms with E-state index < -0.39 is 57.4 Å². The Balaban J connectivity index is 1.73. The average molecular weight is 654 g/mol. The Hall–Kier alpha value is -4.49. The van der Waals surface area contributed by atoms with Crippen molar-refractivity contribution in [2.24, 2.45) is 4.40 Å². The van der Waals surface area contributed by atoms with Gasteiger partial charge in [-0.25, -0.2) is 9.07 Å². The maximum atomic E-state index is 14.3. The zero-order valence-electron chi connectivity index (χ0n) is 25.4. The van der Waals surface area contributed by atoms with Crippen LogP contribution in [0.4, 0.5) is 23.4 Å². The summed E-state index contributed by atoms with van der Waals surface area (Å²) >= 11 is -1.67. The van der Waals surface area contributed by atoms with Crippen LogP contribution in [-0.2, 0) is 22.3 Å². The van der Waals surface area contributed by atoms with E-state index in [1.165, 1.54) is 41.4 Å². The van der Waals surface area contributed by atoms with E-state index >= 15 is 0 Å². The maximum absolute atomic E-state index is 14.3. The van der Waals surface area contributed by atoms with E-state index in [1.54, 1.807) is 56.6 Å². The van der Waals surface area contributed by atoms with Crippen molar-refractivity contribution >= 4 is 35.2 Å². The van der Waals surface area contributed by atoms with Gasteiger partial charge in [-0.1, -0.05) is 40.8 Å². The molecule has 2 heterocycles. The maximum Gasteiger partial charge on any atom is 0.416 e. The van der Waals surface area contributed by atoms with Crippen LogP contribution in [0.2, 0.25) is 0 Å². The number of halogens is 4. The smallest absolute Gasteiger partial charge is 0.416 e. The van der Waals surface area contributed by atoms with Gasteiger partial charge in [-0.3, -0.25) is 14.5 Å². The zero-order chi connectivity index (χ0) is 33.4. The summed E-state index contributed by atoms with van der Waals surface area (Å²) in [5, 5.41) is 7.44. The Morgan fingerprint density at radius 2 is 1.72 bits per heavy atom. The summed E-state index contributed by atoms with van der Waals surface area (Å²) in [6.07, 6.45) is -3.33. The molecule has 2 amide bonds. The number of hydrogen-bond acceptors (Lipinski definition) is 5. The summed E-state index contributed by atoms with van der Waals surface area (Å²) < 4.78 is 72.6. The number of amides is 2. The van der Waals surface area contributed by atoms with Crippen LogP contribution in [0.1, 0.15) is 66.4 Å². The van der Waals surface area contributed by atoms with Gasteiger partial charge in [0.15, 0.2) is 0 Å². The third kappa shape index (κ3) is 6.56. The minimum atomic E-state index is -4.69. The summed E-state index contributed by atoms with van der Waals surface area (Å²) in [7, 11) is 0. The Kier molecular flexibility index (Phi) is 9.09. The number of nitrogens with one attached hydrogen (secondary N) is 1. The molecule has 3 aromatic carbocycles. The van der Waals surface area contributed by atoms with Crippen LogP contribution in [0.25, 0.3) is 5.69 Å². The Morgan fingerprint density at radius 1 is 1.04 bits per heavy atom. The number of carbonyl (C=O) groups is 2. The van der Waals surface area contributed by atoms with Crippen molar-refractivity contribution in [1.82, 2.24) is 15.1 Å². The lowest BCUT2D eigenvalue weighted by Crippen LogP contribution is -2.55. The number of likely N-dealkylation sites (N-methyl/N-ethyl adjacent to an activating group) is 1. The second-order valence-electron chi connectivity index (χ2n) is 11.6. The van der Waals surface area contributed by atoms with Crippen molar-refractivity contribution in [2.75, 3.05) is 11.4 Å². The summed E-state index contributed by atoms with van der Waals surface area (Å²) in [5.41, 5.74) is 0.399. The van der Waals surface area contributed by atoms with E-state index in [9.17, 15) is 31.7 Å². The average Bonchev–Trinajstić information content (AvgIpc) is 3.39. The quantitative estimate of drug-likeness (QED) is 0.146. The van der Waals surface area contributed by atoms with Gasteiger partial charge >= 0.3 is 6.18 Å². The SMILES string of the molecule is CCN1C(=O)[C@H](NC(=O)c2cccc(C(F)(F)F)c2)[C@H](c2ccc(F)cc2)c2c(C=N[S+]([O-])C(C)(C)C)nn(-c3ccccc3)c21. The van der Waals surface area contributed by atoms with E-state index in [0.717, 1.165) is 12.1 Å². The third-order valence-electron chi connectivity index (χ3n) is 7.44. The van der Waals surface area contributed by atoms with Crippen LogP contribution in [0, 0.1) is 5.82 Å². The lowest BCUT2D eigenvalue weighted by atomic mass is 9.81. The van der Waals surface area contributed by atoms with Crippen LogP contribution in [0.5, 0.6) is 0 Å². The Morgan fingerprint density at radius 3 is 2.33 bits per heavy atom. The number of fused-ring (bicyclic) bond motifs is 1. The molecule has 0 radical (unpaired) electrons. The lowest BCUT2D eigenvalue weighted by molar-refractivity contribution is -0.137. The number of rotatable bonds is 7. The molecule has 1 aliphatic rings. The Bertz CT molecular complexity index is 1770. The molecule has 1 N–H and O–H groups in total. The van der Waals surface area contributed by atoms with Crippen LogP contribution in [0.3, 0.4) is 0 Å². The molecular weight excluding hydrogens is 622 g/mol. The second kappa shape index (κ2) is 12.7. The molecule has 4 aromatic rings. The van der Waals surface area contributed by atoms with Gasteiger partial charge in [-0.15, -0.1) is 0 Å². The number of benzene rings is 3. The fraction of sp³-hybridized carbons (Fsp3) is 0.273. The predicted molar refractivity (Wildman–Crippen MR) is 168 cm³/mol. The fourth-order valence-corrected chi connectivity index (χ4v) is 5.73. The van der Waals surface area contributed by atoms with Gasteiger partial charge in [-0.2, -0.15) is 18.3 Å². The molecular formula is C33H31F4N5O3S. The van der Waals surface area contributed by atoms with Crippen molar-refractivity contribution in [1.29, 1.82) is 0 Å². The molecule has 8 nitrogen and oxygen atoms in total. The first-order valence-electron chi connectivity index (χ1n) is 14.4. The van der Waals surface area contributed by atoms with E-state index in [4.69, 9.17) is 5.10 Å². The number of para-hydroxylation sites is 1. The molecule has 0 fully saturated rings. The summed E-state index contributed by atoms with van der Waals surface area (Å²) in [5.74, 6) is -2.62. The second-order valence-corrected chi connectivity index (χ2v) is 13.5. The molecule has 0 bridgehead atoms. The van der Waals surface area contributed by atoms with Gasteiger partial charge in [0.05, 0.1) is 11.3 Å². The van der Waals surface area contributed by atoms with Gasteiger partial charge in [0.2, 0.25) is 0 Å². The van der Waals surface area contributed by atoms with Crippen LogP contribution < -0.4 is 10.2 Å². The first kappa shape index (κ1) is 32.9. The topological polar surface area (TPSA) is 103 Å². The van der Waals surface area contributed by atoms with Crippen molar-refractivity contribution in [3.8, 4) is 5.69 Å². The fourth-order valence-electron chi connectivity index (χ4n) is 5.22. The highest BCUT2D eigenvalue weighted by atomic mass is 32.2. The monoisotopic (exact) mass is 653 g/mol. The van der Waals surface area contributed by atoms with Gasteiger partial charge in [0.25, 0.3) is 11.8 Å². The lowest BCUT2D eigenvalue weighted by Gasteiger charge is -2.38. The molecule has 1 aromatic heterocycles. The molecule has 3 atom stereocenters. The van der Waals surface area contributed by atoms with Crippen LogP contribution >= 0.6 is 0 Å². The first-order chi connectivity index (χ1) is 21.7. The minimum absolute atomic E-state index is 0.140. The summed E-state index contributed by atoms with van der Waals surface area (Å²) in [6.45, 7) is 7.15. The summed E-state index contributed by atoms with van der Waals surface area (Å²) in [4.78, 5) is 29.2. The van der Waals surface area contributed by atoms with Crippen LogP contribution in [0.15, 0.2) is 83.3 Å². The molecule has 1 unspecified atom stereocenters. The number of hydrogen-bond donors (Lipinski definition) is 1. The zero-order valence-corrected chi connectivity index (χ0v) is 26.2.